The van der Waals surface area contributed by atoms with Gasteiger partial charge in [0.25, 0.3) is 0 Å². The monoisotopic (exact) mass is 322 g/mol. The lowest BCUT2D eigenvalue weighted by atomic mass is 9.91. The number of nitrogens with zero attached hydrogens (tertiary/aromatic N) is 2. The molecule has 0 aromatic carbocycles. The number of imidazole rings is 1. The number of rotatable bonds is 2. The first-order valence-electron chi connectivity index (χ1n) is 6.11. The molecule has 0 saturated heterocycles. The Labute approximate surface area is 119 Å². The Morgan fingerprint density at radius 3 is 2.00 bits per heavy atom. The SMILES string of the molecule is Cc1nc(P(P)PP)c(C(C)(C)C)n1C(C)(C)C. The summed E-state index contributed by atoms with van der Waals surface area (Å²) in [6.45, 7) is 15.8. The standard InChI is InChI=1S/C12H26N2P4/c1-8-13-10(18(16)17-15)9(11(2,3)4)14(8)12(5,6)7/h17H,15-16H2,1-7H3. The molecule has 0 fully saturated rings. The molecular formula is C12H26N2P4. The molecule has 0 aliphatic rings. The fraction of sp³-hybridized carbons (Fsp3) is 0.750. The number of aromatic nitrogens is 2. The second-order valence-corrected chi connectivity index (χ2v) is 15.7. The highest BCUT2D eigenvalue weighted by atomic mass is 32.6. The topological polar surface area (TPSA) is 17.8 Å². The summed E-state index contributed by atoms with van der Waals surface area (Å²) in [5, 5.41) is 0. The van der Waals surface area contributed by atoms with Crippen LogP contribution in [0.3, 0.4) is 0 Å². The number of aryl methyl sites for hydroxylation is 1. The summed E-state index contributed by atoms with van der Waals surface area (Å²) < 4.78 is 2.42. The zero-order chi connectivity index (χ0) is 14.3. The maximum atomic E-state index is 4.88. The quantitative estimate of drug-likeness (QED) is 0.732. The van der Waals surface area contributed by atoms with Gasteiger partial charge in [-0.05, 0) is 35.0 Å². The van der Waals surface area contributed by atoms with Crippen LogP contribution in [-0.2, 0) is 11.0 Å². The third-order valence-corrected chi connectivity index (χ3v) is 12.6. The lowest BCUT2D eigenvalue weighted by Crippen LogP contribution is -2.32. The van der Waals surface area contributed by atoms with Gasteiger partial charge in [-0.2, -0.15) is 0 Å². The minimum Gasteiger partial charge on any atom is -0.326 e. The molecule has 4 atom stereocenters. The fourth-order valence-electron chi connectivity index (χ4n) is 2.24. The molecule has 2 nitrogen and oxygen atoms in total. The third kappa shape index (κ3) is 3.52. The first-order valence-corrected chi connectivity index (χ1v) is 12.7. The molecule has 104 valence electrons. The van der Waals surface area contributed by atoms with Crippen LogP contribution in [0.25, 0.3) is 0 Å². The predicted molar refractivity (Wildman–Crippen MR) is 94.9 cm³/mol. The van der Waals surface area contributed by atoms with Crippen LogP contribution in [0.1, 0.15) is 53.1 Å². The van der Waals surface area contributed by atoms with E-state index in [9.17, 15) is 0 Å². The molecule has 0 saturated carbocycles. The van der Waals surface area contributed by atoms with E-state index in [1.807, 2.05) is 0 Å². The maximum Gasteiger partial charge on any atom is 0.107 e. The first kappa shape index (κ1) is 17.0. The van der Waals surface area contributed by atoms with Crippen LogP contribution in [0.15, 0.2) is 0 Å². The van der Waals surface area contributed by atoms with Gasteiger partial charge >= 0.3 is 0 Å². The summed E-state index contributed by atoms with van der Waals surface area (Å²) in [6.07, 6.45) is 0. The van der Waals surface area contributed by atoms with Gasteiger partial charge in [0.2, 0.25) is 0 Å². The lowest BCUT2D eigenvalue weighted by molar-refractivity contribution is 0.353. The second-order valence-electron chi connectivity index (χ2n) is 6.59. The second kappa shape index (κ2) is 5.74. The first-order chi connectivity index (χ1) is 8.00. The van der Waals surface area contributed by atoms with Gasteiger partial charge in [-0.3, -0.25) is 0 Å². The highest BCUT2D eigenvalue weighted by molar-refractivity contribution is 8.63. The number of hydrogen-bond acceptors (Lipinski definition) is 1. The largest absolute Gasteiger partial charge is 0.326 e. The molecule has 0 radical (unpaired) electrons. The summed E-state index contributed by atoms with van der Waals surface area (Å²) in [7, 11) is 6.49. The van der Waals surface area contributed by atoms with E-state index in [0.29, 0.717) is 0 Å². The van der Waals surface area contributed by atoms with Crippen LogP contribution in [0.4, 0.5) is 0 Å². The van der Waals surface area contributed by atoms with E-state index in [1.165, 1.54) is 11.1 Å². The molecule has 1 aromatic rings. The summed E-state index contributed by atoms with van der Waals surface area (Å²) in [4.78, 5) is 4.88. The van der Waals surface area contributed by atoms with Gasteiger partial charge in [0.1, 0.15) is 5.82 Å². The van der Waals surface area contributed by atoms with Crippen molar-refractivity contribution in [3.05, 3.63) is 11.5 Å². The van der Waals surface area contributed by atoms with Gasteiger partial charge in [0, 0.05) is 11.0 Å². The van der Waals surface area contributed by atoms with Crippen molar-refractivity contribution in [3.63, 3.8) is 0 Å². The molecule has 0 N–H and O–H groups in total. The Morgan fingerprint density at radius 2 is 1.67 bits per heavy atom. The van der Waals surface area contributed by atoms with Gasteiger partial charge < -0.3 is 4.57 Å². The van der Waals surface area contributed by atoms with Crippen molar-refractivity contribution in [2.75, 3.05) is 0 Å². The molecule has 0 aliphatic heterocycles. The van der Waals surface area contributed by atoms with Crippen LogP contribution >= 0.6 is 33.1 Å². The highest BCUT2D eigenvalue weighted by Crippen LogP contribution is 2.65. The van der Waals surface area contributed by atoms with Gasteiger partial charge in [-0.25, -0.2) is 4.98 Å². The molecule has 4 unspecified atom stereocenters. The Bertz CT molecular complexity index is 427. The van der Waals surface area contributed by atoms with E-state index in [2.05, 4.69) is 70.9 Å². The minimum absolute atomic E-state index is 0.0861. The molecular weight excluding hydrogens is 296 g/mol. The van der Waals surface area contributed by atoms with Crippen LogP contribution in [-0.4, -0.2) is 9.55 Å². The van der Waals surface area contributed by atoms with Gasteiger partial charge in [0.05, 0.1) is 11.1 Å². The Kier molecular flexibility index (Phi) is 5.41. The van der Waals surface area contributed by atoms with E-state index in [-0.39, 0.29) is 18.3 Å². The Hall–Kier alpha value is 0.930. The van der Waals surface area contributed by atoms with Gasteiger partial charge in [-0.15, -0.1) is 17.9 Å². The van der Waals surface area contributed by atoms with E-state index < -0.39 is 0 Å². The van der Waals surface area contributed by atoms with Crippen molar-refractivity contribution in [1.82, 2.24) is 9.55 Å². The van der Waals surface area contributed by atoms with Crippen LogP contribution in [0.2, 0.25) is 0 Å². The predicted octanol–water partition coefficient (Wildman–Crippen LogP) is 4.52. The average molecular weight is 322 g/mol. The van der Waals surface area contributed by atoms with Crippen molar-refractivity contribution in [1.29, 1.82) is 0 Å². The minimum atomic E-state index is -0.226. The molecule has 0 spiro atoms. The molecule has 18 heavy (non-hydrogen) atoms. The maximum absolute atomic E-state index is 4.88. The summed E-state index contributed by atoms with van der Waals surface area (Å²) in [5.41, 5.74) is 2.93. The Balaban J connectivity index is 3.58. The van der Waals surface area contributed by atoms with E-state index in [0.717, 1.165) is 13.8 Å². The normalized spacial score (nSPS) is 15.6. The van der Waals surface area contributed by atoms with Crippen LogP contribution < -0.4 is 5.44 Å². The molecule has 1 heterocycles. The molecule has 6 heteroatoms. The van der Waals surface area contributed by atoms with E-state index in [1.54, 1.807) is 0 Å². The molecule has 0 bridgehead atoms. The zero-order valence-corrected chi connectivity index (χ0v) is 16.7. The van der Waals surface area contributed by atoms with Crippen molar-refractivity contribution in [3.8, 4) is 0 Å². The highest BCUT2D eigenvalue weighted by Gasteiger charge is 2.32. The third-order valence-electron chi connectivity index (χ3n) is 2.78. The van der Waals surface area contributed by atoms with E-state index >= 15 is 0 Å². The zero-order valence-electron chi connectivity index (χ0n) is 12.5. The van der Waals surface area contributed by atoms with Gasteiger partial charge in [-0.1, -0.05) is 28.7 Å². The van der Waals surface area contributed by atoms with Crippen LogP contribution in [0.5, 0.6) is 0 Å². The van der Waals surface area contributed by atoms with Crippen LogP contribution in [0, 0.1) is 6.92 Å². The molecule has 1 aromatic heterocycles. The summed E-state index contributed by atoms with van der Waals surface area (Å²) >= 11 is 0. The number of hydrogen-bond donors (Lipinski definition) is 0. The van der Waals surface area contributed by atoms with Crippen molar-refractivity contribution >= 4 is 38.5 Å². The van der Waals surface area contributed by atoms with Crippen molar-refractivity contribution < 1.29 is 0 Å². The van der Waals surface area contributed by atoms with Gasteiger partial charge in [0.15, 0.2) is 0 Å². The smallest absolute Gasteiger partial charge is 0.107 e. The van der Waals surface area contributed by atoms with E-state index in [4.69, 9.17) is 4.98 Å². The fourth-order valence-corrected chi connectivity index (χ4v) is 5.75. The average Bonchev–Trinajstić information content (AvgIpc) is 2.53. The van der Waals surface area contributed by atoms with Crippen molar-refractivity contribution in [2.45, 2.75) is 59.4 Å². The van der Waals surface area contributed by atoms with Crippen molar-refractivity contribution in [2.24, 2.45) is 0 Å². The molecule has 1 rings (SSSR count). The lowest BCUT2D eigenvalue weighted by Gasteiger charge is -2.32. The summed E-state index contributed by atoms with van der Waals surface area (Å²) in [6, 6.07) is 0. The molecule has 0 aliphatic carbocycles. The Morgan fingerprint density at radius 1 is 1.17 bits per heavy atom. The summed E-state index contributed by atoms with van der Waals surface area (Å²) in [5.74, 6) is 1.14. The molecule has 0 amide bonds.